The highest BCUT2D eigenvalue weighted by molar-refractivity contribution is 7.09. The fourth-order valence-electron chi connectivity index (χ4n) is 2.23. The van der Waals surface area contributed by atoms with Gasteiger partial charge in [-0.3, -0.25) is 4.68 Å². The second-order valence-corrected chi connectivity index (χ2v) is 7.16. The average Bonchev–Trinajstić information content (AvgIpc) is 3.15. The van der Waals surface area contributed by atoms with Gasteiger partial charge in [0, 0.05) is 30.2 Å². The van der Waals surface area contributed by atoms with Gasteiger partial charge in [-0.25, -0.2) is 4.79 Å². The normalized spacial score (nSPS) is 15.0. The summed E-state index contributed by atoms with van der Waals surface area (Å²) >= 11 is 1.73. The van der Waals surface area contributed by atoms with Gasteiger partial charge in [0.15, 0.2) is 0 Å². The van der Waals surface area contributed by atoms with Crippen molar-refractivity contribution in [2.75, 3.05) is 13.1 Å². The summed E-state index contributed by atoms with van der Waals surface area (Å²) in [6.07, 6.45) is 4.29. The Morgan fingerprint density at radius 2 is 2.30 bits per heavy atom. The van der Waals surface area contributed by atoms with Crippen LogP contribution in [-0.2, 0) is 19.1 Å². The molecule has 3 N–H and O–H groups in total. The topological polar surface area (TPSA) is 79.2 Å². The predicted octanol–water partition coefficient (Wildman–Crippen LogP) is 1.87. The molecule has 0 unspecified atom stereocenters. The van der Waals surface area contributed by atoms with Gasteiger partial charge in [0.2, 0.25) is 0 Å². The SMILES string of the molecule is C[C@@H](CNC(=O)NC[C@](C)(O)c1cnn(C)c1)Cc1cccs1. The van der Waals surface area contributed by atoms with E-state index in [0.29, 0.717) is 18.0 Å². The van der Waals surface area contributed by atoms with Crippen LogP contribution in [0.3, 0.4) is 0 Å². The molecule has 0 saturated carbocycles. The zero-order valence-electron chi connectivity index (χ0n) is 13.7. The number of nitrogens with one attached hydrogen (secondary N) is 2. The maximum Gasteiger partial charge on any atom is 0.314 e. The number of aryl methyl sites for hydroxylation is 1. The van der Waals surface area contributed by atoms with Gasteiger partial charge in [-0.1, -0.05) is 13.0 Å². The molecule has 2 rings (SSSR count). The fourth-order valence-corrected chi connectivity index (χ4v) is 3.10. The molecule has 2 atom stereocenters. The van der Waals surface area contributed by atoms with E-state index in [9.17, 15) is 9.90 Å². The molecular weight excluding hydrogens is 312 g/mol. The number of hydrogen-bond donors (Lipinski definition) is 3. The van der Waals surface area contributed by atoms with Crippen molar-refractivity contribution in [3.63, 3.8) is 0 Å². The van der Waals surface area contributed by atoms with Gasteiger partial charge < -0.3 is 15.7 Å². The second-order valence-electron chi connectivity index (χ2n) is 6.13. The minimum Gasteiger partial charge on any atom is -0.383 e. The summed E-state index contributed by atoms with van der Waals surface area (Å²) in [7, 11) is 1.79. The van der Waals surface area contributed by atoms with Gasteiger partial charge in [-0.2, -0.15) is 5.10 Å². The van der Waals surface area contributed by atoms with Crippen molar-refractivity contribution in [2.24, 2.45) is 13.0 Å². The van der Waals surface area contributed by atoms with E-state index in [1.807, 2.05) is 6.07 Å². The molecule has 23 heavy (non-hydrogen) atoms. The Hall–Kier alpha value is -1.86. The molecule has 7 heteroatoms. The number of amides is 2. The first-order valence-corrected chi connectivity index (χ1v) is 8.50. The molecule has 0 radical (unpaired) electrons. The van der Waals surface area contributed by atoms with Crippen molar-refractivity contribution in [1.29, 1.82) is 0 Å². The van der Waals surface area contributed by atoms with E-state index in [-0.39, 0.29) is 12.6 Å². The highest BCUT2D eigenvalue weighted by atomic mass is 32.1. The summed E-state index contributed by atoms with van der Waals surface area (Å²) in [6, 6.07) is 3.87. The van der Waals surface area contributed by atoms with Gasteiger partial charge in [0.25, 0.3) is 0 Å². The standard InChI is InChI=1S/C16H24N4O2S/c1-12(7-14-5-4-6-23-14)8-17-15(21)18-11-16(2,22)13-9-19-20(3)10-13/h4-6,9-10,12,22H,7-8,11H2,1-3H3,(H2,17,18,21)/t12-,16+/m1/s1. The van der Waals surface area contributed by atoms with Crippen LogP contribution < -0.4 is 10.6 Å². The summed E-state index contributed by atoms with van der Waals surface area (Å²) in [4.78, 5) is 13.2. The van der Waals surface area contributed by atoms with Crippen molar-refractivity contribution in [3.8, 4) is 0 Å². The Morgan fingerprint density at radius 1 is 1.52 bits per heavy atom. The van der Waals surface area contributed by atoms with Gasteiger partial charge in [-0.05, 0) is 30.7 Å². The molecule has 2 heterocycles. The zero-order chi connectivity index (χ0) is 16.9. The fraction of sp³-hybridized carbons (Fsp3) is 0.500. The molecule has 0 saturated heterocycles. The lowest BCUT2D eigenvalue weighted by Gasteiger charge is -2.22. The maximum absolute atomic E-state index is 11.9. The summed E-state index contributed by atoms with van der Waals surface area (Å²) < 4.78 is 1.62. The average molecular weight is 336 g/mol. The maximum atomic E-state index is 11.9. The highest BCUT2D eigenvalue weighted by Crippen LogP contribution is 2.18. The molecule has 2 aromatic rings. The minimum atomic E-state index is -1.14. The van der Waals surface area contributed by atoms with Crippen LogP contribution in [0.1, 0.15) is 24.3 Å². The van der Waals surface area contributed by atoms with E-state index in [1.54, 1.807) is 42.4 Å². The molecule has 126 valence electrons. The Bertz CT molecular complexity index is 622. The first kappa shape index (κ1) is 17.5. The van der Waals surface area contributed by atoms with E-state index < -0.39 is 5.60 Å². The number of rotatable bonds is 7. The molecule has 0 spiro atoms. The lowest BCUT2D eigenvalue weighted by atomic mass is 10.00. The van der Waals surface area contributed by atoms with Crippen LogP contribution in [-0.4, -0.2) is 34.0 Å². The van der Waals surface area contributed by atoms with Crippen molar-refractivity contribution < 1.29 is 9.90 Å². The zero-order valence-corrected chi connectivity index (χ0v) is 14.6. The predicted molar refractivity (Wildman–Crippen MR) is 91.4 cm³/mol. The van der Waals surface area contributed by atoms with E-state index in [2.05, 4.69) is 34.1 Å². The van der Waals surface area contributed by atoms with E-state index >= 15 is 0 Å². The third-order valence-corrected chi connectivity index (χ3v) is 4.56. The third kappa shape index (κ3) is 5.37. The number of carbonyl (C=O) groups is 1. The van der Waals surface area contributed by atoms with Crippen LogP contribution in [0.5, 0.6) is 0 Å². The van der Waals surface area contributed by atoms with Crippen molar-refractivity contribution in [2.45, 2.75) is 25.9 Å². The molecule has 2 amide bonds. The number of hydrogen-bond acceptors (Lipinski definition) is 4. The Morgan fingerprint density at radius 3 is 2.91 bits per heavy atom. The van der Waals surface area contributed by atoms with Crippen LogP contribution in [0.25, 0.3) is 0 Å². The van der Waals surface area contributed by atoms with Crippen LogP contribution in [0.2, 0.25) is 0 Å². The molecule has 2 aromatic heterocycles. The van der Waals surface area contributed by atoms with Crippen LogP contribution in [0, 0.1) is 5.92 Å². The van der Waals surface area contributed by atoms with Gasteiger partial charge in [-0.15, -0.1) is 11.3 Å². The summed E-state index contributed by atoms with van der Waals surface area (Å²) in [5.74, 6) is 0.359. The molecule has 0 bridgehead atoms. The first-order chi connectivity index (χ1) is 10.9. The van der Waals surface area contributed by atoms with E-state index in [1.165, 1.54) is 4.88 Å². The molecule has 0 aliphatic carbocycles. The Kier molecular flexibility index (Phi) is 5.79. The van der Waals surface area contributed by atoms with Crippen LogP contribution in [0.4, 0.5) is 4.79 Å². The number of nitrogens with zero attached hydrogens (tertiary/aromatic N) is 2. The quantitative estimate of drug-likeness (QED) is 0.722. The Balaban J connectivity index is 1.72. The van der Waals surface area contributed by atoms with Crippen LogP contribution in [0.15, 0.2) is 29.9 Å². The smallest absolute Gasteiger partial charge is 0.314 e. The summed E-state index contributed by atoms with van der Waals surface area (Å²) in [5, 5.41) is 22.1. The molecule has 0 fully saturated rings. The van der Waals surface area contributed by atoms with Gasteiger partial charge in [0.05, 0.1) is 12.7 Å². The van der Waals surface area contributed by atoms with E-state index in [4.69, 9.17) is 0 Å². The lowest BCUT2D eigenvalue weighted by molar-refractivity contribution is 0.0593. The first-order valence-electron chi connectivity index (χ1n) is 7.62. The minimum absolute atomic E-state index is 0.129. The number of carbonyl (C=O) groups excluding carboxylic acids is 1. The largest absolute Gasteiger partial charge is 0.383 e. The Labute approximate surface area is 140 Å². The van der Waals surface area contributed by atoms with E-state index in [0.717, 1.165) is 6.42 Å². The molecule has 0 aromatic carbocycles. The molecule has 6 nitrogen and oxygen atoms in total. The summed E-state index contributed by atoms with van der Waals surface area (Å²) in [6.45, 7) is 4.48. The lowest BCUT2D eigenvalue weighted by Crippen LogP contribution is -2.44. The van der Waals surface area contributed by atoms with Crippen molar-refractivity contribution in [3.05, 3.63) is 40.3 Å². The molecule has 0 aliphatic heterocycles. The van der Waals surface area contributed by atoms with Crippen molar-refractivity contribution in [1.82, 2.24) is 20.4 Å². The number of thiophene rings is 1. The number of aromatic nitrogens is 2. The number of aliphatic hydroxyl groups is 1. The molecular formula is C16H24N4O2S. The summed E-state index contributed by atoms with van der Waals surface area (Å²) in [5.41, 5.74) is -0.472. The highest BCUT2D eigenvalue weighted by Gasteiger charge is 2.25. The number of urea groups is 1. The van der Waals surface area contributed by atoms with Gasteiger partial charge >= 0.3 is 6.03 Å². The monoisotopic (exact) mass is 336 g/mol. The third-order valence-electron chi connectivity index (χ3n) is 3.66. The van der Waals surface area contributed by atoms with Crippen LogP contribution >= 0.6 is 11.3 Å². The second kappa shape index (κ2) is 7.61. The van der Waals surface area contributed by atoms with Crippen molar-refractivity contribution >= 4 is 17.4 Å². The molecule has 0 aliphatic rings. The van der Waals surface area contributed by atoms with Gasteiger partial charge in [0.1, 0.15) is 5.60 Å².